The summed E-state index contributed by atoms with van der Waals surface area (Å²) in [6.45, 7) is 26.2. The number of aliphatic hydroxyl groups excluding tert-OH is 1. The molecule has 3 N–H and O–H groups in total. The van der Waals surface area contributed by atoms with Gasteiger partial charge in [-0.25, -0.2) is 20.8 Å². The normalized spacial score (nSPS) is 24.4. The third-order valence-electron chi connectivity index (χ3n) is 9.64. The Morgan fingerprint density at radius 1 is 0.769 bits per heavy atom. The molecule has 4 heterocycles. The van der Waals surface area contributed by atoms with Crippen LogP contribution in [0.3, 0.4) is 0 Å². The van der Waals surface area contributed by atoms with E-state index in [1.165, 1.54) is 40.5 Å². The average molecular weight is 977 g/mol. The van der Waals surface area contributed by atoms with Gasteiger partial charge in [-0.05, 0) is 92.0 Å². The number of hydrogen-bond donors (Lipinski definition) is 3. The van der Waals surface area contributed by atoms with Gasteiger partial charge in [0, 0.05) is 49.8 Å². The lowest BCUT2D eigenvalue weighted by molar-refractivity contribution is -0.0783. The lowest BCUT2D eigenvalue weighted by Gasteiger charge is -2.38. The molecular weight excluding hydrogens is 909 g/mol. The van der Waals surface area contributed by atoms with Gasteiger partial charge in [0.1, 0.15) is 57.5 Å². The topological polar surface area (TPSA) is 246 Å². The van der Waals surface area contributed by atoms with E-state index in [-0.39, 0.29) is 45.1 Å². The van der Waals surface area contributed by atoms with E-state index in [1.54, 1.807) is 59.5 Å². The van der Waals surface area contributed by atoms with Gasteiger partial charge in [0.25, 0.3) is 19.6 Å². The van der Waals surface area contributed by atoms with Gasteiger partial charge in [-0.3, -0.25) is 28.7 Å². The van der Waals surface area contributed by atoms with Gasteiger partial charge < -0.3 is 56.6 Å². The molecule has 9 atom stereocenters. The Morgan fingerprint density at radius 2 is 1.22 bits per heavy atom. The summed E-state index contributed by atoms with van der Waals surface area (Å²) in [4.78, 5) is 56.6. The van der Waals surface area contributed by atoms with E-state index in [9.17, 15) is 33.4 Å². The predicted molar refractivity (Wildman–Crippen MR) is 248 cm³/mol. The Hall–Kier alpha value is -3.18. The van der Waals surface area contributed by atoms with Crippen molar-refractivity contribution in [1.29, 1.82) is 0 Å². The molecular formula is C41H67N6O15P3. The number of aromatic amines is 2. The van der Waals surface area contributed by atoms with E-state index in [0.29, 0.717) is 17.7 Å². The SMILES string of the molecule is COCCO[C@@H]1[C@H](O)[C@@H](/C=C/P(C)(C)=O)O[C@H]1n1cc(C)c(=O)[nH]c1=O.[C-]#[N+]CCOP(O[C@H]1[C@@H](OCCOC)[C@H](n2cc(C)c(=O)[nH]c2=O)O[C@@H]1/C=C/P(C)(C)=O)N(C(C)C)C(C)C. The molecule has 0 saturated carbocycles. The first-order chi connectivity index (χ1) is 30.4. The number of H-pyrrole nitrogens is 2. The maximum absolute atomic E-state index is 12.9. The van der Waals surface area contributed by atoms with Crippen molar-refractivity contribution < 1.29 is 51.7 Å². The van der Waals surface area contributed by atoms with Gasteiger partial charge in [-0.15, -0.1) is 0 Å². The number of ether oxygens (including phenoxy) is 6. The van der Waals surface area contributed by atoms with E-state index in [2.05, 4.69) is 19.5 Å². The van der Waals surface area contributed by atoms with Crippen LogP contribution in [0.1, 0.15) is 51.3 Å². The van der Waals surface area contributed by atoms with Crippen molar-refractivity contribution in [2.45, 2.75) is 103 Å². The molecule has 2 fully saturated rings. The lowest BCUT2D eigenvalue weighted by atomic mass is 10.1. The highest BCUT2D eigenvalue weighted by Crippen LogP contribution is 2.51. The third kappa shape index (κ3) is 16.8. The number of aryl methyl sites for hydroxylation is 2. The van der Waals surface area contributed by atoms with Gasteiger partial charge in [-0.1, -0.05) is 0 Å². The molecule has 2 aliphatic heterocycles. The fourth-order valence-corrected chi connectivity index (χ4v) is 9.55. The molecule has 2 aromatic heterocycles. The fraction of sp³-hybridized carbons (Fsp3) is 0.683. The van der Waals surface area contributed by atoms with Crippen LogP contribution in [0.4, 0.5) is 0 Å². The first kappa shape index (κ1) is 56.1. The first-order valence-corrected chi connectivity index (χ1v) is 27.4. The second-order valence-electron chi connectivity index (χ2n) is 16.7. The molecule has 24 heteroatoms. The van der Waals surface area contributed by atoms with Gasteiger partial charge in [0.05, 0.1) is 26.4 Å². The first-order valence-electron chi connectivity index (χ1n) is 21.0. The minimum atomic E-state index is -2.57. The van der Waals surface area contributed by atoms with Crippen LogP contribution in [0.25, 0.3) is 4.85 Å². The van der Waals surface area contributed by atoms with Crippen LogP contribution >= 0.6 is 22.8 Å². The molecule has 1 unspecified atom stereocenters. The molecule has 0 radical (unpaired) electrons. The van der Waals surface area contributed by atoms with Crippen LogP contribution in [0.15, 0.2) is 55.4 Å². The minimum absolute atomic E-state index is 0.0555. The number of hydrogen-bond acceptors (Lipinski definition) is 16. The Balaban J connectivity index is 0.000000374. The summed E-state index contributed by atoms with van der Waals surface area (Å²) >= 11 is 0. The molecule has 0 aromatic carbocycles. The zero-order valence-electron chi connectivity index (χ0n) is 39.3. The number of nitrogens with zero attached hydrogens (tertiary/aromatic N) is 4. The molecule has 2 aromatic rings. The highest BCUT2D eigenvalue weighted by molar-refractivity contribution is 7.65. The van der Waals surface area contributed by atoms with E-state index in [4.69, 9.17) is 44.0 Å². The number of rotatable bonds is 22. The monoisotopic (exact) mass is 976 g/mol. The Bertz CT molecular complexity index is 2270. The van der Waals surface area contributed by atoms with Gasteiger partial charge in [0.15, 0.2) is 12.5 Å². The molecule has 21 nitrogen and oxygen atoms in total. The fourth-order valence-electron chi connectivity index (χ4n) is 6.64. The van der Waals surface area contributed by atoms with Crippen molar-refractivity contribution >= 4 is 22.8 Å². The van der Waals surface area contributed by atoms with E-state index in [0.717, 1.165) is 0 Å². The molecule has 65 heavy (non-hydrogen) atoms. The van der Waals surface area contributed by atoms with Crippen molar-refractivity contribution in [2.75, 3.05) is 80.5 Å². The molecule has 0 aliphatic carbocycles. The molecule has 4 rings (SSSR count). The summed E-state index contributed by atoms with van der Waals surface area (Å²) in [5.41, 5.74) is -1.65. The molecule has 0 bridgehead atoms. The van der Waals surface area contributed by atoms with Crippen molar-refractivity contribution in [2.24, 2.45) is 0 Å². The summed E-state index contributed by atoms with van der Waals surface area (Å²) in [7, 11) is -3.65. The van der Waals surface area contributed by atoms with Crippen LogP contribution in [0.2, 0.25) is 0 Å². The highest BCUT2D eigenvalue weighted by Gasteiger charge is 2.50. The summed E-state index contributed by atoms with van der Waals surface area (Å²) < 4.78 is 75.9. The predicted octanol–water partition coefficient (Wildman–Crippen LogP) is 3.85. The van der Waals surface area contributed by atoms with E-state index >= 15 is 0 Å². The van der Waals surface area contributed by atoms with Gasteiger partial charge in [0.2, 0.25) is 6.54 Å². The van der Waals surface area contributed by atoms with Crippen LogP contribution in [-0.4, -0.2) is 158 Å². The maximum Gasteiger partial charge on any atom is 0.330 e. The second kappa shape index (κ2) is 25.8. The highest BCUT2D eigenvalue weighted by atomic mass is 31.2. The van der Waals surface area contributed by atoms with Crippen molar-refractivity contribution in [3.8, 4) is 0 Å². The largest absolute Gasteiger partial charge is 0.387 e. The Kier molecular flexibility index (Phi) is 22.3. The van der Waals surface area contributed by atoms with E-state index < -0.39 is 94.4 Å². The summed E-state index contributed by atoms with van der Waals surface area (Å²) in [5, 5.41) is 10.6. The average Bonchev–Trinajstić information content (AvgIpc) is 3.70. The van der Waals surface area contributed by atoms with Crippen LogP contribution in [0, 0.1) is 20.4 Å². The number of nitrogens with one attached hydrogen (secondary N) is 2. The number of aromatic nitrogens is 4. The van der Waals surface area contributed by atoms with E-state index in [1.807, 2.05) is 27.7 Å². The smallest absolute Gasteiger partial charge is 0.330 e. The van der Waals surface area contributed by atoms with Crippen molar-refractivity contribution in [3.05, 3.63) is 100 Å². The van der Waals surface area contributed by atoms with Gasteiger partial charge in [-0.2, -0.15) is 0 Å². The number of aliphatic hydroxyl groups is 1. The quantitative estimate of drug-likeness (QED) is 0.0862. The lowest BCUT2D eigenvalue weighted by Crippen LogP contribution is -2.42. The van der Waals surface area contributed by atoms with Crippen LogP contribution in [0.5, 0.6) is 0 Å². The molecule has 366 valence electrons. The third-order valence-corrected chi connectivity index (χ3v) is 13.6. The van der Waals surface area contributed by atoms with Gasteiger partial charge >= 0.3 is 11.4 Å². The standard InChI is InChI=1S/C25H42N4O8P2.C16H25N2O7P/c1-17(2)29(18(3)4)38(35-12-11-26-6)37-21-20(10-15-39(8,9)32)36-24(22(21)34-14-13-33-7)28-16-19(5)23(30)27-25(28)31;1-10-9-18(16(21)17-14(10)20)15-13(24-7-6-23-2)12(19)11(25-15)5-8-26(3,4)22/h10,15-18,20-22,24H,11-14H2,1-5,7-9H3,(H,27,30,31);5,8-9,11-13,15,19H,6-7H2,1-4H3,(H,17,20,21)/b15-10+;8-5+/t20-,21-,22-,24-,38?;11-,12-,13-,15-/m11/s1. The molecule has 2 aliphatic rings. The number of methoxy groups -OCH3 is 2. The van der Waals surface area contributed by atoms with Crippen molar-refractivity contribution in [3.63, 3.8) is 0 Å². The zero-order valence-corrected chi connectivity index (χ0v) is 42.0. The summed E-state index contributed by atoms with van der Waals surface area (Å²) in [6.07, 6.45) is -1.06. The summed E-state index contributed by atoms with van der Waals surface area (Å²) in [6, 6.07) is 0.111. The Morgan fingerprint density at radius 3 is 1.66 bits per heavy atom. The second-order valence-corrected chi connectivity index (χ2v) is 24.5. The Labute approximate surface area is 380 Å². The molecule has 0 amide bonds. The van der Waals surface area contributed by atoms with Crippen LogP contribution in [-0.2, 0) is 46.6 Å². The van der Waals surface area contributed by atoms with Crippen molar-refractivity contribution in [1.82, 2.24) is 23.8 Å². The molecule has 2 saturated heterocycles. The molecule has 0 spiro atoms. The van der Waals surface area contributed by atoms with Crippen LogP contribution < -0.4 is 22.5 Å². The minimum Gasteiger partial charge on any atom is -0.387 e. The summed E-state index contributed by atoms with van der Waals surface area (Å²) in [5.74, 6) is 3.09. The maximum atomic E-state index is 12.9. The zero-order chi connectivity index (χ0) is 48.8.